The number of esters is 3. The van der Waals surface area contributed by atoms with Crippen molar-refractivity contribution in [3.63, 3.8) is 0 Å². The first-order valence-electron chi connectivity index (χ1n) is 24.4. The molecule has 0 heterocycles. The zero-order chi connectivity index (χ0) is 44.4. The van der Waals surface area contributed by atoms with Gasteiger partial charge in [-0.1, -0.05) is 175 Å². The van der Waals surface area contributed by atoms with Gasteiger partial charge < -0.3 is 14.2 Å². The Morgan fingerprint density at radius 2 is 0.656 bits per heavy atom. The average molecular weight is 845 g/mol. The van der Waals surface area contributed by atoms with Crippen molar-refractivity contribution in [3.05, 3.63) is 109 Å². The third-order valence-corrected chi connectivity index (χ3v) is 9.74. The smallest absolute Gasteiger partial charge is 0.306 e. The molecule has 0 aliphatic rings. The summed E-state index contributed by atoms with van der Waals surface area (Å²) in [7, 11) is 0. The normalized spacial score (nSPS) is 13.0. The van der Waals surface area contributed by atoms with Gasteiger partial charge in [0.05, 0.1) is 0 Å². The van der Waals surface area contributed by atoms with Crippen molar-refractivity contribution in [2.24, 2.45) is 0 Å². The van der Waals surface area contributed by atoms with Crippen LogP contribution in [-0.4, -0.2) is 37.2 Å². The summed E-state index contributed by atoms with van der Waals surface area (Å²) in [4.78, 5) is 37.8. The lowest BCUT2D eigenvalue weighted by Crippen LogP contribution is -2.30. The van der Waals surface area contributed by atoms with Crippen LogP contribution in [0.5, 0.6) is 0 Å². The fraction of sp³-hybridized carbons (Fsp3) is 0.618. The Bertz CT molecular complexity index is 1290. The minimum Gasteiger partial charge on any atom is -0.462 e. The van der Waals surface area contributed by atoms with E-state index in [2.05, 4.69) is 130 Å². The monoisotopic (exact) mass is 845 g/mol. The van der Waals surface area contributed by atoms with Crippen molar-refractivity contribution in [3.8, 4) is 0 Å². The van der Waals surface area contributed by atoms with Crippen molar-refractivity contribution in [2.75, 3.05) is 13.2 Å². The Balaban J connectivity index is 4.56. The van der Waals surface area contributed by atoms with E-state index in [-0.39, 0.29) is 44.0 Å². The Labute approximate surface area is 374 Å². The van der Waals surface area contributed by atoms with Gasteiger partial charge in [0.1, 0.15) is 13.2 Å². The molecule has 0 saturated carbocycles. The predicted molar refractivity (Wildman–Crippen MR) is 260 cm³/mol. The lowest BCUT2D eigenvalue weighted by atomic mass is 10.1. The summed E-state index contributed by atoms with van der Waals surface area (Å²) in [6.45, 7) is 6.28. The van der Waals surface area contributed by atoms with Gasteiger partial charge in [0.15, 0.2) is 6.10 Å². The van der Waals surface area contributed by atoms with Gasteiger partial charge in [-0.05, 0) is 116 Å². The zero-order valence-electron chi connectivity index (χ0n) is 39.1. The van der Waals surface area contributed by atoms with E-state index in [9.17, 15) is 14.4 Å². The summed E-state index contributed by atoms with van der Waals surface area (Å²) in [5.41, 5.74) is 0. The van der Waals surface area contributed by atoms with Crippen LogP contribution in [0.15, 0.2) is 109 Å². The molecule has 344 valence electrons. The van der Waals surface area contributed by atoms with E-state index in [1.807, 2.05) is 0 Å². The molecule has 0 aromatic carbocycles. The second-order valence-corrected chi connectivity index (χ2v) is 15.6. The number of hydrogen-bond donors (Lipinski definition) is 0. The molecular weight excluding hydrogens is 757 g/mol. The van der Waals surface area contributed by atoms with Crippen LogP contribution in [-0.2, 0) is 28.6 Å². The van der Waals surface area contributed by atoms with Gasteiger partial charge in [0.2, 0.25) is 0 Å². The van der Waals surface area contributed by atoms with E-state index in [0.717, 1.165) is 103 Å². The van der Waals surface area contributed by atoms with Gasteiger partial charge in [0.25, 0.3) is 0 Å². The Hall–Kier alpha value is -3.93. The van der Waals surface area contributed by atoms with Crippen LogP contribution in [0.2, 0.25) is 0 Å². The lowest BCUT2D eigenvalue weighted by molar-refractivity contribution is -0.167. The second kappa shape index (κ2) is 48.7. The van der Waals surface area contributed by atoms with Crippen molar-refractivity contribution < 1.29 is 28.6 Å². The molecule has 61 heavy (non-hydrogen) atoms. The molecule has 0 rings (SSSR count). The highest BCUT2D eigenvalue weighted by atomic mass is 16.6. The molecule has 0 bridgehead atoms. The number of carbonyl (C=O) groups is 3. The van der Waals surface area contributed by atoms with E-state index in [0.29, 0.717) is 19.3 Å². The number of hydrogen-bond acceptors (Lipinski definition) is 6. The molecule has 0 saturated heterocycles. The molecule has 0 aliphatic carbocycles. The first-order chi connectivity index (χ1) is 30.0. The summed E-state index contributed by atoms with van der Waals surface area (Å²) < 4.78 is 16.6. The molecule has 0 fully saturated rings. The second-order valence-electron chi connectivity index (χ2n) is 15.6. The molecular formula is C55H88O6. The van der Waals surface area contributed by atoms with E-state index in [1.165, 1.54) is 44.9 Å². The third kappa shape index (κ3) is 47.0. The van der Waals surface area contributed by atoms with Crippen LogP contribution < -0.4 is 0 Å². The number of rotatable bonds is 42. The summed E-state index contributed by atoms with van der Waals surface area (Å²) in [6.07, 6.45) is 65.1. The minimum atomic E-state index is -0.825. The fourth-order valence-electron chi connectivity index (χ4n) is 6.13. The molecule has 0 aromatic rings. The molecule has 0 aromatic heterocycles. The summed E-state index contributed by atoms with van der Waals surface area (Å²) >= 11 is 0. The zero-order valence-corrected chi connectivity index (χ0v) is 39.1. The topological polar surface area (TPSA) is 78.9 Å². The summed E-state index contributed by atoms with van der Waals surface area (Å²) in [6, 6.07) is 0. The maximum absolute atomic E-state index is 12.8. The van der Waals surface area contributed by atoms with E-state index in [1.54, 1.807) is 0 Å². The van der Waals surface area contributed by atoms with Gasteiger partial charge in [-0.25, -0.2) is 0 Å². The van der Waals surface area contributed by atoms with Crippen LogP contribution in [0.25, 0.3) is 0 Å². The number of carbonyl (C=O) groups excluding carboxylic acids is 3. The maximum atomic E-state index is 12.8. The molecule has 6 heteroatoms. The number of unbranched alkanes of at least 4 members (excludes halogenated alkanes) is 13. The van der Waals surface area contributed by atoms with Crippen molar-refractivity contribution in [1.29, 1.82) is 0 Å². The van der Waals surface area contributed by atoms with Gasteiger partial charge >= 0.3 is 17.9 Å². The highest BCUT2D eigenvalue weighted by molar-refractivity contribution is 5.71. The molecule has 0 amide bonds. The molecule has 1 unspecified atom stereocenters. The fourth-order valence-corrected chi connectivity index (χ4v) is 6.13. The van der Waals surface area contributed by atoms with Crippen LogP contribution in [0, 0.1) is 0 Å². The van der Waals surface area contributed by atoms with Crippen molar-refractivity contribution in [1.82, 2.24) is 0 Å². The average Bonchev–Trinajstić information content (AvgIpc) is 3.26. The standard InChI is InChI=1S/C55H88O6/c1-4-7-10-13-16-19-22-25-27-28-29-31-33-36-39-42-45-48-54(57)60-51-52(50-59-53(56)47-44-41-38-35-32-24-21-18-15-12-9-6-3)61-55(58)49-46-43-40-37-34-30-26-23-20-17-14-11-8-5-2/h7,9-10,12,16,18-19,21,25,27,29-32,34-36,39,52H,4-6,8,11,13-15,17,20,22-24,26,28,33,37-38,40-51H2,1-3H3/b10-7-,12-9-,19-16-,21-18-,27-25-,31-29-,34-30-,35-32-,39-36-. The van der Waals surface area contributed by atoms with Gasteiger partial charge in [-0.2, -0.15) is 0 Å². The summed E-state index contributed by atoms with van der Waals surface area (Å²) in [5.74, 6) is -1.04. The molecule has 6 nitrogen and oxygen atoms in total. The first kappa shape index (κ1) is 57.1. The van der Waals surface area contributed by atoms with Gasteiger partial charge in [-0.15, -0.1) is 0 Å². The predicted octanol–water partition coefficient (Wildman–Crippen LogP) is 16.0. The Morgan fingerprint density at radius 3 is 1.11 bits per heavy atom. The highest BCUT2D eigenvalue weighted by Gasteiger charge is 2.19. The Kier molecular flexibility index (Phi) is 45.6. The van der Waals surface area contributed by atoms with Crippen LogP contribution in [0.4, 0.5) is 0 Å². The number of ether oxygens (including phenoxy) is 3. The Morgan fingerprint density at radius 1 is 0.344 bits per heavy atom. The molecule has 1 atom stereocenters. The van der Waals surface area contributed by atoms with E-state index in [4.69, 9.17) is 14.2 Å². The molecule has 0 aliphatic heterocycles. The molecule has 0 N–H and O–H groups in total. The highest BCUT2D eigenvalue weighted by Crippen LogP contribution is 2.12. The van der Waals surface area contributed by atoms with E-state index >= 15 is 0 Å². The largest absolute Gasteiger partial charge is 0.462 e. The van der Waals surface area contributed by atoms with Gasteiger partial charge in [0, 0.05) is 19.3 Å². The maximum Gasteiger partial charge on any atom is 0.306 e. The van der Waals surface area contributed by atoms with Crippen LogP contribution >= 0.6 is 0 Å². The lowest BCUT2D eigenvalue weighted by Gasteiger charge is -2.18. The minimum absolute atomic E-state index is 0.124. The van der Waals surface area contributed by atoms with Crippen LogP contribution in [0.1, 0.15) is 201 Å². The van der Waals surface area contributed by atoms with Crippen LogP contribution in [0.3, 0.4) is 0 Å². The SMILES string of the molecule is CC/C=C\C/C=C\C/C=C\C/C=C\C/C=C\CCCC(=O)OCC(COC(=O)CCCC/C=C\C/C=C\C/C=C\CC)OC(=O)CCCCC/C=C\CCCCCCCCC. The van der Waals surface area contributed by atoms with Crippen molar-refractivity contribution >= 4 is 17.9 Å². The third-order valence-electron chi connectivity index (χ3n) is 9.74. The molecule has 0 spiro atoms. The summed E-state index contributed by atoms with van der Waals surface area (Å²) in [5, 5.41) is 0. The first-order valence-corrected chi connectivity index (χ1v) is 24.4. The van der Waals surface area contributed by atoms with Gasteiger partial charge in [-0.3, -0.25) is 14.4 Å². The quantitative estimate of drug-likeness (QED) is 0.0264. The number of allylic oxidation sites excluding steroid dienone is 18. The molecule has 0 radical (unpaired) electrons. The van der Waals surface area contributed by atoms with Crippen molar-refractivity contribution in [2.45, 2.75) is 207 Å². The van der Waals surface area contributed by atoms with E-state index < -0.39 is 6.10 Å².